The monoisotopic (exact) mass is 242 g/mol. The van der Waals surface area contributed by atoms with E-state index in [-0.39, 0.29) is 5.78 Å². The predicted molar refractivity (Wildman–Crippen MR) is 70.5 cm³/mol. The molecular weight excluding hydrogens is 228 g/mol. The smallest absolute Gasteiger partial charge is 0.163 e. The Bertz CT molecular complexity index is 550. The van der Waals surface area contributed by atoms with Crippen molar-refractivity contribution in [2.24, 2.45) is 0 Å². The third-order valence-electron chi connectivity index (χ3n) is 2.54. The summed E-state index contributed by atoms with van der Waals surface area (Å²) in [4.78, 5) is 15.6. The number of ketones is 1. The Hall–Kier alpha value is -2.36. The molecule has 0 saturated heterocycles. The number of anilines is 2. The molecule has 0 atom stereocenters. The number of carbonyl (C=O) groups is 1. The van der Waals surface area contributed by atoms with Crippen LogP contribution in [0.2, 0.25) is 0 Å². The number of methoxy groups -OCH3 is 1. The van der Waals surface area contributed by atoms with E-state index in [4.69, 9.17) is 4.74 Å². The summed E-state index contributed by atoms with van der Waals surface area (Å²) in [6, 6.07) is 10.9. The minimum atomic E-state index is -0.0147. The van der Waals surface area contributed by atoms with Crippen LogP contribution in [0.1, 0.15) is 17.3 Å². The van der Waals surface area contributed by atoms with Crippen molar-refractivity contribution >= 4 is 17.3 Å². The molecule has 0 aliphatic heterocycles. The number of ether oxygens (including phenoxy) is 1. The molecule has 92 valence electrons. The largest absolute Gasteiger partial charge is 0.497 e. The van der Waals surface area contributed by atoms with Gasteiger partial charge in [-0.15, -0.1) is 0 Å². The van der Waals surface area contributed by atoms with Gasteiger partial charge in [-0.25, -0.2) is 4.98 Å². The van der Waals surface area contributed by atoms with E-state index in [0.717, 1.165) is 11.4 Å². The number of benzene rings is 1. The van der Waals surface area contributed by atoms with E-state index in [2.05, 4.69) is 10.3 Å². The van der Waals surface area contributed by atoms with Gasteiger partial charge in [-0.05, 0) is 43.3 Å². The molecule has 1 heterocycles. The van der Waals surface area contributed by atoms with Gasteiger partial charge < -0.3 is 10.1 Å². The summed E-state index contributed by atoms with van der Waals surface area (Å²) in [6.45, 7) is 1.52. The van der Waals surface area contributed by atoms with Gasteiger partial charge in [0.05, 0.1) is 12.7 Å². The third kappa shape index (κ3) is 2.66. The van der Waals surface area contributed by atoms with Crippen molar-refractivity contribution in [3.05, 3.63) is 48.2 Å². The molecule has 0 radical (unpaired) electrons. The Morgan fingerprint density at radius 2 is 1.94 bits per heavy atom. The zero-order chi connectivity index (χ0) is 13.0. The molecule has 1 N–H and O–H groups in total. The van der Waals surface area contributed by atoms with E-state index in [9.17, 15) is 4.79 Å². The first-order valence-electron chi connectivity index (χ1n) is 5.58. The van der Waals surface area contributed by atoms with E-state index >= 15 is 0 Å². The average Bonchev–Trinajstić information content (AvgIpc) is 2.40. The van der Waals surface area contributed by atoms with E-state index in [0.29, 0.717) is 11.4 Å². The lowest BCUT2D eigenvalue weighted by Crippen LogP contribution is -2.02. The van der Waals surface area contributed by atoms with Crippen LogP contribution in [-0.2, 0) is 0 Å². The van der Waals surface area contributed by atoms with Gasteiger partial charge >= 0.3 is 0 Å². The van der Waals surface area contributed by atoms with Crippen LogP contribution in [-0.4, -0.2) is 17.9 Å². The Kier molecular flexibility index (Phi) is 3.57. The number of hydrogen-bond donors (Lipinski definition) is 1. The van der Waals surface area contributed by atoms with Gasteiger partial charge in [0.25, 0.3) is 0 Å². The van der Waals surface area contributed by atoms with Crippen LogP contribution >= 0.6 is 0 Å². The van der Waals surface area contributed by atoms with E-state index in [1.54, 1.807) is 25.4 Å². The minimum absolute atomic E-state index is 0.0147. The number of nitrogens with zero attached hydrogens (tertiary/aromatic N) is 1. The molecule has 1 aromatic heterocycles. The van der Waals surface area contributed by atoms with E-state index in [1.807, 2.05) is 24.3 Å². The molecule has 1 aromatic carbocycles. The molecule has 0 spiro atoms. The number of aromatic nitrogens is 1. The second-order valence-corrected chi connectivity index (χ2v) is 3.81. The normalized spacial score (nSPS) is 9.89. The van der Waals surface area contributed by atoms with Gasteiger partial charge in [-0.3, -0.25) is 4.79 Å². The Labute approximate surface area is 106 Å². The zero-order valence-corrected chi connectivity index (χ0v) is 10.3. The molecule has 4 nitrogen and oxygen atoms in total. The number of hydrogen-bond acceptors (Lipinski definition) is 4. The summed E-state index contributed by atoms with van der Waals surface area (Å²) < 4.78 is 5.08. The minimum Gasteiger partial charge on any atom is -0.497 e. The van der Waals surface area contributed by atoms with Gasteiger partial charge in [0.2, 0.25) is 0 Å². The van der Waals surface area contributed by atoms with Crippen LogP contribution in [0.5, 0.6) is 5.75 Å². The fourth-order valence-electron chi connectivity index (χ4n) is 1.60. The molecule has 0 amide bonds. The van der Waals surface area contributed by atoms with E-state index in [1.165, 1.54) is 6.92 Å². The lowest BCUT2D eigenvalue weighted by Gasteiger charge is -2.09. The van der Waals surface area contributed by atoms with Gasteiger partial charge in [-0.2, -0.15) is 0 Å². The highest BCUT2D eigenvalue weighted by Crippen LogP contribution is 2.21. The van der Waals surface area contributed by atoms with Gasteiger partial charge in [0.15, 0.2) is 5.78 Å². The standard InChI is InChI=1S/C14H14N2O2/c1-10(17)13-4-3-9-15-14(13)16-11-5-7-12(18-2)8-6-11/h3-9H,1-2H3,(H,15,16). The molecule has 4 heteroatoms. The summed E-state index contributed by atoms with van der Waals surface area (Å²) in [5.41, 5.74) is 1.44. The first-order valence-corrected chi connectivity index (χ1v) is 5.58. The number of Topliss-reactive ketones (excluding diaryl/α,β-unsaturated/α-hetero) is 1. The lowest BCUT2D eigenvalue weighted by molar-refractivity contribution is 0.101. The predicted octanol–water partition coefficient (Wildman–Crippen LogP) is 3.04. The van der Waals surface area contributed by atoms with Crippen LogP contribution in [0.4, 0.5) is 11.5 Å². The SMILES string of the molecule is COc1ccc(Nc2ncccc2C(C)=O)cc1. The molecule has 0 fully saturated rings. The van der Waals surface area contributed by atoms with Crippen LogP contribution < -0.4 is 10.1 Å². The molecule has 18 heavy (non-hydrogen) atoms. The van der Waals surface area contributed by atoms with Crippen molar-refractivity contribution in [3.63, 3.8) is 0 Å². The van der Waals surface area contributed by atoms with Crippen molar-refractivity contribution in [3.8, 4) is 5.75 Å². The van der Waals surface area contributed by atoms with Crippen LogP contribution in [0, 0.1) is 0 Å². The molecule has 2 rings (SSSR count). The summed E-state index contributed by atoms with van der Waals surface area (Å²) >= 11 is 0. The van der Waals surface area contributed by atoms with E-state index < -0.39 is 0 Å². The maximum Gasteiger partial charge on any atom is 0.163 e. The Morgan fingerprint density at radius 3 is 2.56 bits per heavy atom. The molecule has 0 bridgehead atoms. The maximum absolute atomic E-state index is 11.5. The fraction of sp³-hybridized carbons (Fsp3) is 0.143. The number of pyridine rings is 1. The third-order valence-corrected chi connectivity index (χ3v) is 2.54. The number of nitrogens with one attached hydrogen (secondary N) is 1. The molecule has 0 unspecified atom stereocenters. The molecule has 0 aliphatic carbocycles. The number of rotatable bonds is 4. The maximum atomic E-state index is 11.5. The molecular formula is C14H14N2O2. The summed E-state index contributed by atoms with van der Waals surface area (Å²) in [7, 11) is 1.62. The van der Waals surface area contributed by atoms with Crippen LogP contribution in [0.25, 0.3) is 0 Å². The van der Waals surface area contributed by atoms with Crippen molar-refractivity contribution in [2.75, 3.05) is 12.4 Å². The van der Waals surface area contributed by atoms with Gasteiger partial charge in [0, 0.05) is 11.9 Å². The Balaban J connectivity index is 2.25. The Morgan fingerprint density at radius 1 is 1.22 bits per heavy atom. The second kappa shape index (κ2) is 5.31. The topological polar surface area (TPSA) is 51.2 Å². The van der Waals surface area contributed by atoms with Crippen molar-refractivity contribution in [1.82, 2.24) is 4.98 Å². The first kappa shape index (κ1) is 12.1. The highest BCUT2D eigenvalue weighted by Gasteiger charge is 2.07. The highest BCUT2D eigenvalue weighted by atomic mass is 16.5. The zero-order valence-electron chi connectivity index (χ0n) is 10.3. The highest BCUT2D eigenvalue weighted by molar-refractivity contribution is 5.99. The average molecular weight is 242 g/mol. The number of carbonyl (C=O) groups excluding carboxylic acids is 1. The molecule has 0 saturated carbocycles. The molecule has 2 aromatic rings. The molecule has 0 aliphatic rings. The fourth-order valence-corrected chi connectivity index (χ4v) is 1.60. The first-order chi connectivity index (χ1) is 8.70. The summed E-state index contributed by atoms with van der Waals surface area (Å²) in [5, 5.41) is 3.12. The second-order valence-electron chi connectivity index (χ2n) is 3.81. The summed E-state index contributed by atoms with van der Waals surface area (Å²) in [6.07, 6.45) is 1.65. The lowest BCUT2D eigenvalue weighted by atomic mass is 10.2. The van der Waals surface area contributed by atoms with Gasteiger partial charge in [-0.1, -0.05) is 0 Å². The van der Waals surface area contributed by atoms with Crippen molar-refractivity contribution in [1.29, 1.82) is 0 Å². The van der Waals surface area contributed by atoms with Crippen molar-refractivity contribution < 1.29 is 9.53 Å². The van der Waals surface area contributed by atoms with Gasteiger partial charge in [0.1, 0.15) is 11.6 Å². The van der Waals surface area contributed by atoms with Crippen molar-refractivity contribution in [2.45, 2.75) is 6.92 Å². The van der Waals surface area contributed by atoms with Crippen LogP contribution in [0.3, 0.4) is 0 Å². The summed E-state index contributed by atoms with van der Waals surface area (Å²) in [5.74, 6) is 1.34. The quantitative estimate of drug-likeness (QED) is 0.837. The van der Waals surface area contributed by atoms with Crippen LogP contribution in [0.15, 0.2) is 42.6 Å².